The van der Waals surface area contributed by atoms with Gasteiger partial charge in [-0.3, -0.25) is 4.79 Å². The molecule has 0 unspecified atom stereocenters. The van der Waals surface area contributed by atoms with Gasteiger partial charge < -0.3 is 24.5 Å². The molecule has 1 aromatic heterocycles. The smallest absolute Gasteiger partial charge is 0.227 e. The van der Waals surface area contributed by atoms with E-state index >= 15 is 0 Å². The summed E-state index contributed by atoms with van der Waals surface area (Å²) in [5.41, 5.74) is 5.51. The predicted molar refractivity (Wildman–Crippen MR) is 138 cm³/mol. The Hall–Kier alpha value is -3.40. The van der Waals surface area contributed by atoms with Gasteiger partial charge >= 0.3 is 0 Å². The van der Waals surface area contributed by atoms with Crippen LogP contribution in [0, 0.1) is 5.41 Å². The number of nitrogens with zero attached hydrogens (tertiary/aromatic N) is 4. The minimum absolute atomic E-state index is 0.0710. The summed E-state index contributed by atoms with van der Waals surface area (Å²) in [6, 6.07) is 16.0. The maximum atomic E-state index is 12.9. The molecular formula is C27H33N5O4. The van der Waals surface area contributed by atoms with Crippen LogP contribution in [0.1, 0.15) is 25.3 Å². The van der Waals surface area contributed by atoms with Gasteiger partial charge in [-0.15, -0.1) is 5.10 Å². The van der Waals surface area contributed by atoms with Gasteiger partial charge in [-0.05, 0) is 17.8 Å². The zero-order valence-electron chi connectivity index (χ0n) is 20.7. The maximum absolute atomic E-state index is 12.9. The number of nitrogens with one attached hydrogen (secondary N) is 1. The highest BCUT2D eigenvalue weighted by atomic mass is 16.5. The number of hydrogen-bond donors (Lipinski definition) is 1. The Morgan fingerprint density at radius 3 is 2.36 bits per heavy atom. The second kappa shape index (κ2) is 13.1. The van der Waals surface area contributed by atoms with Crippen molar-refractivity contribution in [1.29, 1.82) is 5.41 Å². The summed E-state index contributed by atoms with van der Waals surface area (Å²) in [6.45, 7) is 5.92. The van der Waals surface area contributed by atoms with Crippen molar-refractivity contribution in [3.05, 3.63) is 54.1 Å². The van der Waals surface area contributed by atoms with Crippen LogP contribution in [-0.2, 0) is 32.1 Å². The normalized spacial score (nSPS) is 12.3. The van der Waals surface area contributed by atoms with E-state index in [2.05, 4.69) is 22.4 Å². The van der Waals surface area contributed by atoms with E-state index in [1.807, 2.05) is 52.9 Å². The highest BCUT2D eigenvalue weighted by molar-refractivity contribution is 6.00. The summed E-state index contributed by atoms with van der Waals surface area (Å²) in [5, 5.41) is 16.0. The Labute approximate surface area is 211 Å². The summed E-state index contributed by atoms with van der Waals surface area (Å²) < 4.78 is 18.5. The first-order valence-electron chi connectivity index (χ1n) is 12.4. The third kappa shape index (κ3) is 6.04. The molecule has 1 aliphatic heterocycles. The van der Waals surface area contributed by atoms with Crippen LogP contribution in [0.5, 0.6) is 0 Å². The average molecular weight is 492 g/mol. The summed E-state index contributed by atoms with van der Waals surface area (Å²) in [5.74, 6) is 0.0710. The SMILES string of the molecule is CCC(=O)N1Cc2ccccc2-c2c(nnn2CCOCCOCCOCCC=N)-c2ccccc21. The minimum atomic E-state index is 0.0710. The van der Waals surface area contributed by atoms with Crippen molar-refractivity contribution in [2.75, 3.05) is 44.5 Å². The molecule has 4 rings (SSSR count). The standard InChI is InChI=1S/C27H33N5O4/c1-2-25(33)31-20-21-8-3-4-9-22(21)27-26(23-10-5-6-11-24(23)31)29-30-32(27)13-15-35-17-19-36-18-16-34-14-7-12-28/h3-6,8-12,28H,2,7,13-20H2,1H3. The Morgan fingerprint density at radius 2 is 1.61 bits per heavy atom. The molecule has 190 valence electrons. The Balaban J connectivity index is 1.46. The van der Waals surface area contributed by atoms with E-state index < -0.39 is 0 Å². The zero-order chi connectivity index (χ0) is 25.2. The Bertz CT molecular complexity index is 1160. The van der Waals surface area contributed by atoms with E-state index in [9.17, 15) is 4.79 Å². The molecule has 0 fully saturated rings. The lowest BCUT2D eigenvalue weighted by Crippen LogP contribution is -2.31. The van der Waals surface area contributed by atoms with Gasteiger partial charge in [0.05, 0.1) is 64.1 Å². The van der Waals surface area contributed by atoms with E-state index in [-0.39, 0.29) is 5.91 Å². The van der Waals surface area contributed by atoms with Crippen LogP contribution in [0.15, 0.2) is 48.5 Å². The first kappa shape index (κ1) is 25.7. The number of hydrogen-bond acceptors (Lipinski definition) is 7. The van der Waals surface area contributed by atoms with E-state index in [1.165, 1.54) is 6.21 Å². The van der Waals surface area contributed by atoms with E-state index in [0.717, 1.165) is 33.8 Å². The Morgan fingerprint density at radius 1 is 0.944 bits per heavy atom. The van der Waals surface area contributed by atoms with Gasteiger partial charge in [0.1, 0.15) is 5.69 Å². The molecule has 0 spiro atoms. The molecule has 0 aliphatic carbocycles. The third-order valence-electron chi connectivity index (χ3n) is 5.99. The quantitative estimate of drug-likeness (QED) is 0.287. The monoisotopic (exact) mass is 491 g/mol. The Kier molecular flexibility index (Phi) is 9.32. The van der Waals surface area contributed by atoms with E-state index in [4.69, 9.17) is 19.6 Å². The number of benzene rings is 2. The van der Waals surface area contributed by atoms with Gasteiger partial charge in [0.2, 0.25) is 5.91 Å². The molecule has 36 heavy (non-hydrogen) atoms. The molecule has 0 radical (unpaired) electrons. The van der Waals surface area contributed by atoms with Gasteiger partial charge in [-0.25, -0.2) is 4.68 Å². The number of anilines is 1. The zero-order valence-corrected chi connectivity index (χ0v) is 20.7. The highest BCUT2D eigenvalue weighted by Crippen LogP contribution is 2.40. The third-order valence-corrected chi connectivity index (χ3v) is 5.99. The van der Waals surface area contributed by atoms with Crippen LogP contribution < -0.4 is 4.90 Å². The summed E-state index contributed by atoms with van der Waals surface area (Å²) in [6.07, 6.45) is 2.39. The van der Waals surface area contributed by atoms with Gasteiger partial charge in [-0.2, -0.15) is 0 Å². The molecule has 0 saturated carbocycles. The van der Waals surface area contributed by atoms with Crippen molar-refractivity contribution < 1.29 is 19.0 Å². The van der Waals surface area contributed by atoms with Crippen molar-refractivity contribution >= 4 is 17.8 Å². The molecule has 2 aromatic carbocycles. The topological polar surface area (TPSA) is 103 Å². The number of ether oxygens (including phenoxy) is 3. The number of carbonyl (C=O) groups excluding carboxylic acids is 1. The number of fused-ring (bicyclic) bond motifs is 5. The van der Waals surface area contributed by atoms with Crippen molar-refractivity contribution in [2.24, 2.45) is 0 Å². The van der Waals surface area contributed by atoms with E-state index in [1.54, 1.807) is 0 Å². The molecule has 1 amide bonds. The molecule has 1 N–H and O–H groups in total. The van der Waals surface area contributed by atoms with Crippen LogP contribution in [0.2, 0.25) is 0 Å². The number of carbonyl (C=O) groups is 1. The number of rotatable bonds is 13. The molecule has 0 bridgehead atoms. The van der Waals surface area contributed by atoms with Gasteiger partial charge in [0.15, 0.2) is 0 Å². The largest absolute Gasteiger partial charge is 0.379 e. The predicted octanol–water partition coefficient (Wildman–Crippen LogP) is 3.96. The average Bonchev–Trinajstić information content (AvgIpc) is 3.32. The molecule has 9 heteroatoms. The summed E-state index contributed by atoms with van der Waals surface area (Å²) in [4.78, 5) is 14.7. The summed E-state index contributed by atoms with van der Waals surface area (Å²) in [7, 11) is 0. The first-order chi connectivity index (χ1) is 17.7. The fourth-order valence-corrected chi connectivity index (χ4v) is 4.22. The summed E-state index contributed by atoms with van der Waals surface area (Å²) >= 11 is 0. The fourth-order valence-electron chi connectivity index (χ4n) is 4.22. The van der Waals surface area contributed by atoms with Crippen LogP contribution in [0.25, 0.3) is 22.5 Å². The first-order valence-corrected chi connectivity index (χ1v) is 12.4. The van der Waals surface area contributed by atoms with Crippen molar-refractivity contribution in [3.63, 3.8) is 0 Å². The minimum Gasteiger partial charge on any atom is -0.379 e. The number of aromatic nitrogens is 3. The lowest BCUT2D eigenvalue weighted by atomic mass is 9.95. The van der Waals surface area contributed by atoms with E-state index in [0.29, 0.717) is 65.6 Å². The van der Waals surface area contributed by atoms with Crippen molar-refractivity contribution in [2.45, 2.75) is 32.9 Å². The second-order valence-corrected chi connectivity index (χ2v) is 8.35. The van der Waals surface area contributed by atoms with Crippen LogP contribution in [0.4, 0.5) is 5.69 Å². The fraction of sp³-hybridized carbons (Fsp3) is 0.407. The van der Waals surface area contributed by atoms with Crippen molar-refractivity contribution in [3.8, 4) is 22.5 Å². The van der Waals surface area contributed by atoms with Gasteiger partial charge in [0.25, 0.3) is 0 Å². The van der Waals surface area contributed by atoms with Crippen LogP contribution in [0.3, 0.4) is 0 Å². The molecular weight excluding hydrogens is 458 g/mol. The molecule has 9 nitrogen and oxygen atoms in total. The second-order valence-electron chi connectivity index (χ2n) is 8.35. The lowest BCUT2D eigenvalue weighted by molar-refractivity contribution is -0.118. The van der Waals surface area contributed by atoms with Gasteiger partial charge in [-0.1, -0.05) is 54.6 Å². The van der Waals surface area contributed by atoms with Gasteiger partial charge in [0, 0.05) is 24.0 Å². The van der Waals surface area contributed by atoms with Crippen LogP contribution in [-0.4, -0.2) is 66.8 Å². The molecule has 2 heterocycles. The maximum Gasteiger partial charge on any atom is 0.227 e. The molecule has 0 saturated heterocycles. The number of para-hydroxylation sites is 1. The molecule has 3 aromatic rings. The molecule has 1 aliphatic rings. The lowest BCUT2D eigenvalue weighted by Gasteiger charge is -2.28. The highest BCUT2D eigenvalue weighted by Gasteiger charge is 2.28. The molecule has 0 atom stereocenters. The number of amides is 1. The van der Waals surface area contributed by atoms with Crippen molar-refractivity contribution in [1.82, 2.24) is 15.0 Å². The van der Waals surface area contributed by atoms with Crippen LogP contribution >= 0.6 is 0 Å².